The lowest BCUT2D eigenvalue weighted by atomic mass is 10.0. The van der Waals surface area contributed by atoms with Crippen LogP contribution in [0.5, 0.6) is 5.75 Å². The normalized spacial score (nSPS) is 13.4. The first-order valence-electron chi connectivity index (χ1n) is 10.2. The molecule has 7 nitrogen and oxygen atoms in total. The molecule has 1 N–H and O–H groups in total. The second kappa shape index (κ2) is 8.11. The molecule has 0 radical (unpaired) electrons. The SMILES string of the molecule is COc1ccc(-c2nnc(SCC(=O)N3CCc4[nH]c5ccccc5c4C3)n2C)cc1. The van der Waals surface area contributed by atoms with Gasteiger partial charge in [-0.25, -0.2) is 0 Å². The number of hydrogen-bond acceptors (Lipinski definition) is 5. The van der Waals surface area contributed by atoms with E-state index in [1.807, 2.05) is 52.9 Å². The molecular weight excluding hydrogens is 410 g/mol. The molecule has 0 saturated heterocycles. The van der Waals surface area contributed by atoms with Crippen LogP contribution in [0.3, 0.4) is 0 Å². The molecule has 0 atom stereocenters. The Kier molecular flexibility index (Phi) is 5.15. The fourth-order valence-corrected chi connectivity index (χ4v) is 4.84. The summed E-state index contributed by atoms with van der Waals surface area (Å²) in [6, 6.07) is 16.0. The van der Waals surface area contributed by atoms with Crippen LogP contribution in [0.2, 0.25) is 0 Å². The molecule has 31 heavy (non-hydrogen) atoms. The standard InChI is InChI=1S/C23H23N5O2S/c1-27-22(15-7-9-16(30-2)10-8-15)25-26-23(27)31-14-21(29)28-12-11-20-18(13-28)17-5-3-4-6-19(17)24-20/h3-10,24H,11-14H2,1-2H3. The number of amides is 1. The summed E-state index contributed by atoms with van der Waals surface area (Å²) < 4.78 is 7.14. The molecule has 158 valence electrons. The Morgan fingerprint density at radius 2 is 1.97 bits per heavy atom. The number of carbonyl (C=O) groups excluding carboxylic acids is 1. The van der Waals surface area contributed by atoms with Crippen molar-refractivity contribution in [3.05, 3.63) is 59.8 Å². The number of fused-ring (bicyclic) bond motifs is 3. The van der Waals surface area contributed by atoms with Crippen LogP contribution >= 0.6 is 11.8 Å². The number of ether oxygens (including phenoxy) is 1. The molecular formula is C23H23N5O2S. The van der Waals surface area contributed by atoms with E-state index in [9.17, 15) is 4.79 Å². The van der Waals surface area contributed by atoms with E-state index in [0.717, 1.165) is 40.8 Å². The summed E-state index contributed by atoms with van der Waals surface area (Å²) >= 11 is 1.42. The lowest BCUT2D eigenvalue weighted by molar-refractivity contribution is -0.129. The van der Waals surface area contributed by atoms with Crippen molar-refractivity contribution in [3.63, 3.8) is 0 Å². The number of thioether (sulfide) groups is 1. The van der Waals surface area contributed by atoms with Crippen molar-refractivity contribution in [2.24, 2.45) is 7.05 Å². The Morgan fingerprint density at radius 3 is 2.77 bits per heavy atom. The lowest BCUT2D eigenvalue weighted by Crippen LogP contribution is -2.36. The number of H-pyrrole nitrogens is 1. The van der Waals surface area contributed by atoms with E-state index in [2.05, 4.69) is 27.3 Å². The molecule has 2 aromatic carbocycles. The van der Waals surface area contributed by atoms with Gasteiger partial charge in [0.1, 0.15) is 5.75 Å². The zero-order chi connectivity index (χ0) is 21.4. The van der Waals surface area contributed by atoms with Crippen LogP contribution in [0, 0.1) is 0 Å². The molecule has 1 aliphatic heterocycles. The zero-order valence-corrected chi connectivity index (χ0v) is 18.3. The highest BCUT2D eigenvalue weighted by Crippen LogP contribution is 2.29. The largest absolute Gasteiger partial charge is 0.497 e. The average molecular weight is 434 g/mol. The molecule has 8 heteroatoms. The maximum atomic E-state index is 12.9. The van der Waals surface area contributed by atoms with Gasteiger partial charge < -0.3 is 19.2 Å². The number of hydrogen-bond donors (Lipinski definition) is 1. The summed E-state index contributed by atoms with van der Waals surface area (Å²) in [5, 5.41) is 10.5. The number of aromatic nitrogens is 4. The Bertz CT molecular complexity index is 1240. The van der Waals surface area contributed by atoms with Crippen LogP contribution in [0.15, 0.2) is 53.7 Å². The number of methoxy groups -OCH3 is 1. The van der Waals surface area contributed by atoms with Crippen molar-refractivity contribution in [1.29, 1.82) is 0 Å². The van der Waals surface area contributed by atoms with E-state index in [1.165, 1.54) is 28.4 Å². The fraction of sp³-hybridized carbons (Fsp3) is 0.261. The Balaban J connectivity index is 1.26. The smallest absolute Gasteiger partial charge is 0.233 e. The molecule has 0 fully saturated rings. The summed E-state index contributed by atoms with van der Waals surface area (Å²) in [5.74, 6) is 2.02. The predicted octanol–water partition coefficient (Wildman–Crippen LogP) is 3.65. The molecule has 1 amide bonds. The van der Waals surface area contributed by atoms with Gasteiger partial charge in [-0.2, -0.15) is 0 Å². The van der Waals surface area contributed by atoms with E-state index in [1.54, 1.807) is 7.11 Å². The van der Waals surface area contributed by atoms with Crippen molar-refractivity contribution in [1.82, 2.24) is 24.6 Å². The molecule has 0 bridgehead atoms. The van der Waals surface area contributed by atoms with Crippen molar-refractivity contribution in [2.75, 3.05) is 19.4 Å². The maximum absolute atomic E-state index is 12.9. The van der Waals surface area contributed by atoms with Gasteiger partial charge in [0, 0.05) is 54.3 Å². The number of benzene rings is 2. The highest BCUT2D eigenvalue weighted by Gasteiger charge is 2.24. The number of aromatic amines is 1. The first-order chi connectivity index (χ1) is 15.1. The average Bonchev–Trinajstić information content (AvgIpc) is 3.37. The van der Waals surface area contributed by atoms with Crippen molar-refractivity contribution >= 4 is 28.6 Å². The monoisotopic (exact) mass is 433 g/mol. The summed E-state index contributed by atoms with van der Waals surface area (Å²) in [6.45, 7) is 1.38. The molecule has 5 rings (SSSR count). The highest BCUT2D eigenvalue weighted by atomic mass is 32.2. The summed E-state index contributed by atoms with van der Waals surface area (Å²) in [4.78, 5) is 18.4. The van der Waals surface area contributed by atoms with Gasteiger partial charge in [-0.15, -0.1) is 10.2 Å². The van der Waals surface area contributed by atoms with Crippen molar-refractivity contribution in [3.8, 4) is 17.1 Å². The minimum absolute atomic E-state index is 0.120. The van der Waals surface area contributed by atoms with Gasteiger partial charge in [-0.3, -0.25) is 4.79 Å². The van der Waals surface area contributed by atoms with Gasteiger partial charge >= 0.3 is 0 Å². The quantitative estimate of drug-likeness (QED) is 0.486. The highest BCUT2D eigenvalue weighted by molar-refractivity contribution is 7.99. The van der Waals surface area contributed by atoms with Crippen LogP contribution in [0.25, 0.3) is 22.3 Å². The van der Waals surface area contributed by atoms with E-state index >= 15 is 0 Å². The van der Waals surface area contributed by atoms with Crippen LogP contribution in [0.1, 0.15) is 11.3 Å². The van der Waals surface area contributed by atoms with Gasteiger partial charge in [0.05, 0.1) is 12.9 Å². The minimum atomic E-state index is 0.120. The molecule has 2 aromatic heterocycles. The number of nitrogens with one attached hydrogen (secondary N) is 1. The molecule has 4 aromatic rings. The van der Waals surface area contributed by atoms with E-state index in [-0.39, 0.29) is 5.91 Å². The van der Waals surface area contributed by atoms with Crippen LogP contribution in [-0.2, 0) is 24.8 Å². The third-order valence-electron chi connectivity index (χ3n) is 5.74. The lowest BCUT2D eigenvalue weighted by Gasteiger charge is -2.27. The van der Waals surface area contributed by atoms with Crippen LogP contribution in [-0.4, -0.2) is 50.0 Å². The van der Waals surface area contributed by atoms with E-state index in [4.69, 9.17) is 4.74 Å². The summed E-state index contributed by atoms with van der Waals surface area (Å²) in [5.41, 5.74) is 4.58. The molecule has 0 saturated carbocycles. The third-order valence-corrected chi connectivity index (χ3v) is 6.75. The maximum Gasteiger partial charge on any atom is 0.233 e. The Hall–Kier alpha value is -3.26. The molecule has 0 spiro atoms. The topological polar surface area (TPSA) is 76.0 Å². The molecule has 3 heterocycles. The van der Waals surface area contributed by atoms with Crippen molar-refractivity contribution < 1.29 is 9.53 Å². The van der Waals surface area contributed by atoms with E-state index < -0.39 is 0 Å². The summed E-state index contributed by atoms with van der Waals surface area (Å²) in [6.07, 6.45) is 0.853. The number of carbonyl (C=O) groups is 1. The first kappa shape index (κ1) is 19.7. The predicted molar refractivity (Wildman–Crippen MR) is 121 cm³/mol. The minimum Gasteiger partial charge on any atom is -0.497 e. The van der Waals surface area contributed by atoms with Crippen LogP contribution in [0.4, 0.5) is 0 Å². The van der Waals surface area contributed by atoms with Gasteiger partial charge in [0.25, 0.3) is 0 Å². The zero-order valence-electron chi connectivity index (χ0n) is 17.5. The van der Waals surface area contributed by atoms with E-state index in [0.29, 0.717) is 12.3 Å². The van der Waals surface area contributed by atoms with Gasteiger partial charge in [-0.1, -0.05) is 30.0 Å². The molecule has 0 unspecified atom stereocenters. The molecule has 0 aliphatic carbocycles. The summed E-state index contributed by atoms with van der Waals surface area (Å²) in [7, 11) is 3.57. The van der Waals surface area contributed by atoms with Gasteiger partial charge in [0.15, 0.2) is 11.0 Å². The van der Waals surface area contributed by atoms with Crippen molar-refractivity contribution in [2.45, 2.75) is 18.1 Å². The fourth-order valence-electron chi connectivity index (χ4n) is 4.03. The number of para-hydroxylation sites is 1. The molecule has 1 aliphatic rings. The third kappa shape index (κ3) is 3.67. The van der Waals surface area contributed by atoms with Gasteiger partial charge in [-0.05, 0) is 30.3 Å². The Morgan fingerprint density at radius 1 is 1.16 bits per heavy atom. The first-order valence-corrected chi connectivity index (χ1v) is 11.2. The van der Waals surface area contributed by atoms with Crippen LogP contribution < -0.4 is 4.74 Å². The number of nitrogens with zero attached hydrogens (tertiary/aromatic N) is 4. The van der Waals surface area contributed by atoms with Gasteiger partial charge in [0.2, 0.25) is 5.91 Å². The second-order valence-corrected chi connectivity index (χ2v) is 8.52. The second-order valence-electron chi connectivity index (χ2n) is 7.58. The number of rotatable bonds is 5. The Labute approximate surface area is 184 Å².